The highest BCUT2D eigenvalue weighted by atomic mass is 32.2. The number of hydrogen-bond donors (Lipinski definition) is 3. The summed E-state index contributed by atoms with van der Waals surface area (Å²) in [6.45, 7) is 0.326. The van der Waals surface area contributed by atoms with Gasteiger partial charge >= 0.3 is 0 Å². The molecule has 5 rings (SSSR count). The van der Waals surface area contributed by atoms with Crippen LogP contribution in [0.2, 0.25) is 0 Å². The summed E-state index contributed by atoms with van der Waals surface area (Å²) in [6, 6.07) is 7.43. The lowest BCUT2D eigenvalue weighted by Crippen LogP contribution is -2.34. The Hall–Kier alpha value is -3.23. The van der Waals surface area contributed by atoms with E-state index >= 15 is 0 Å². The van der Waals surface area contributed by atoms with Gasteiger partial charge in [0.05, 0.1) is 16.8 Å². The Bertz CT molecular complexity index is 1660. The van der Waals surface area contributed by atoms with Crippen LogP contribution in [0.4, 0.5) is 11.4 Å². The Kier molecular flexibility index (Phi) is 6.58. The number of sulfonamides is 2. The second-order valence-corrected chi connectivity index (χ2v) is 13.4. The molecule has 1 aromatic carbocycles. The van der Waals surface area contributed by atoms with Crippen molar-refractivity contribution in [3.63, 3.8) is 0 Å². The zero-order valence-corrected chi connectivity index (χ0v) is 22.3. The fourth-order valence-electron chi connectivity index (χ4n) is 4.65. The molecule has 1 fully saturated rings. The molecule has 0 amide bonds. The lowest BCUT2D eigenvalue weighted by Gasteiger charge is -2.21. The molecule has 2 aromatic heterocycles. The molecular formula is C23H25N5O6S3. The highest BCUT2D eigenvalue weighted by molar-refractivity contribution is 7.92. The smallest absolute Gasteiger partial charge is 0.286 e. The van der Waals surface area contributed by atoms with Gasteiger partial charge < -0.3 is 10.4 Å². The largest absolute Gasteiger partial charge is 0.505 e. The van der Waals surface area contributed by atoms with E-state index in [2.05, 4.69) is 19.5 Å². The van der Waals surface area contributed by atoms with E-state index in [1.807, 2.05) is 5.38 Å². The molecule has 0 spiro atoms. The summed E-state index contributed by atoms with van der Waals surface area (Å²) in [6.07, 6.45) is 6.21. The lowest BCUT2D eigenvalue weighted by molar-refractivity contribution is 0.420. The standard InChI is InChI=1S/C23H25N5O6S3/c1-36(31,32)26-15-8-9-16-18(13-15)37(33,34)27-22(24-16)19-21(29)20(17-7-4-12-35-17)25-28(23(19)30)11-10-14-5-2-3-6-14/h4,7-9,12-14,26,29H,2-3,5-6,10-11H2,1H3,(H,24,27). The number of aromatic nitrogens is 2. The van der Waals surface area contributed by atoms with E-state index in [-0.39, 0.29) is 33.4 Å². The van der Waals surface area contributed by atoms with Crippen molar-refractivity contribution in [2.75, 3.05) is 16.3 Å². The van der Waals surface area contributed by atoms with Crippen LogP contribution in [0.5, 0.6) is 5.75 Å². The predicted octanol–water partition coefficient (Wildman–Crippen LogP) is 3.19. The fourth-order valence-corrected chi connectivity index (χ4v) is 7.07. The number of benzene rings is 1. The third-order valence-electron chi connectivity index (χ3n) is 6.37. The van der Waals surface area contributed by atoms with Crippen molar-refractivity contribution in [2.24, 2.45) is 10.3 Å². The molecular weight excluding hydrogens is 538 g/mol. The van der Waals surface area contributed by atoms with Crippen LogP contribution in [0.1, 0.15) is 37.7 Å². The maximum Gasteiger partial charge on any atom is 0.286 e. The van der Waals surface area contributed by atoms with Crippen LogP contribution in [0.15, 0.2) is 49.8 Å². The van der Waals surface area contributed by atoms with Gasteiger partial charge in [-0.2, -0.15) is 13.5 Å². The maximum absolute atomic E-state index is 13.5. The Labute approximate surface area is 218 Å². The molecule has 37 heavy (non-hydrogen) atoms. The van der Waals surface area contributed by atoms with Crippen LogP contribution in [0.25, 0.3) is 10.6 Å². The molecule has 0 unspecified atom stereocenters. The summed E-state index contributed by atoms with van der Waals surface area (Å²) < 4.78 is 56.6. The van der Waals surface area contributed by atoms with E-state index in [1.165, 1.54) is 28.2 Å². The van der Waals surface area contributed by atoms with Crippen molar-refractivity contribution in [1.29, 1.82) is 0 Å². The van der Waals surface area contributed by atoms with Gasteiger partial charge in [0.25, 0.3) is 15.6 Å². The van der Waals surface area contributed by atoms with Crippen molar-refractivity contribution < 1.29 is 21.9 Å². The third kappa shape index (κ3) is 5.26. The summed E-state index contributed by atoms with van der Waals surface area (Å²) in [5.74, 6) is -0.304. The number of rotatable bonds is 7. The summed E-state index contributed by atoms with van der Waals surface area (Å²) in [5, 5.41) is 20.2. The molecule has 1 aliphatic carbocycles. The third-order valence-corrected chi connectivity index (χ3v) is 9.17. The van der Waals surface area contributed by atoms with E-state index in [0.29, 0.717) is 17.3 Å². The van der Waals surface area contributed by atoms with Crippen molar-refractivity contribution >= 4 is 48.6 Å². The number of anilines is 2. The van der Waals surface area contributed by atoms with Gasteiger partial charge in [-0.3, -0.25) is 9.52 Å². The van der Waals surface area contributed by atoms with Gasteiger partial charge in [-0.1, -0.05) is 31.7 Å². The van der Waals surface area contributed by atoms with Crippen molar-refractivity contribution in [1.82, 2.24) is 9.78 Å². The zero-order chi connectivity index (χ0) is 26.4. The number of aryl methyl sites for hydroxylation is 1. The van der Waals surface area contributed by atoms with Crippen LogP contribution < -0.4 is 15.6 Å². The lowest BCUT2D eigenvalue weighted by atomic mass is 10.0. The summed E-state index contributed by atoms with van der Waals surface area (Å²) in [7, 11) is -7.98. The Balaban J connectivity index is 1.60. The Morgan fingerprint density at radius 2 is 2.00 bits per heavy atom. The van der Waals surface area contributed by atoms with E-state index in [9.17, 15) is 26.7 Å². The minimum absolute atomic E-state index is 0.0475. The first-order chi connectivity index (χ1) is 17.5. The molecule has 14 heteroatoms. The molecule has 2 aliphatic rings. The van der Waals surface area contributed by atoms with Crippen LogP contribution >= 0.6 is 11.3 Å². The average Bonchev–Trinajstić information content (AvgIpc) is 3.52. The molecule has 0 atom stereocenters. The van der Waals surface area contributed by atoms with E-state index < -0.39 is 31.4 Å². The van der Waals surface area contributed by atoms with Crippen LogP contribution in [-0.4, -0.2) is 43.8 Å². The Morgan fingerprint density at radius 3 is 2.68 bits per heavy atom. The minimum Gasteiger partial charge on any atom is -0.505 e. The van der Waals surface area contributed by atoms with Gasteiger partial charge in [0.2, 0.25) is 10.0 Å². The maximum atomic E-state index is 13.5. The molecule has 11 nitrogen and oxygen atoms in total. The van der Waals surface area contributed by atoms with Gasteiger partial charge in [0, 0.05) is 12.2 Å². The van der Waals surface area contributed by atoms with Gasteiger partial charge in [0.1, 0.15) is 16.2 Å². The molecule has 0 radical (unpaired) electrons. The first kappa shape index (κ1) is 25.4. The number of aromatic hydroxyl groups is 1. The normalized spacial score (nSPS) is 17.2. The molecule has 1 aliphatic heterocycles. The highest BCUT2D eigenvalue weighted by Gasteiger charge is 2.31. The van der Waals surface area contributed by atoms with Crippen molar-refractivity contribution in [2.45, 2.75) is 43.5 Å². The SMILES string of the molecule is CS(=O)(=O)Nc1ccc2c(c1)S(=O)(=O)N=C(c1c(O)c(-c3cccs3)nn(CCC3CCCC3)c1=O)N2. The molecule has 3 heterocycles. The molecule has 0 bridgehead atoms. The van der Waals surface area contributed by atoms with Gasteiger partial charge in [0.15, 0.2) is 11.6 Å². The second kappa shape index (κ2) is 9.58. The summed E-state index contributed by atoms with van der Waals surface area (Å²) >= 11 is 1.33. The van der Waals surface area contributed by atoms with Gasteiger partial charge in [-0.15, -0.1) is 15.7 Å². The number of nitrogens with zero attached hydrogens (tertiary/aromatic N) is 3. The van der Waals surface area contributed by atoms with E-state index in [4.69, 9.17) is 0 Å². The quantitative estimate of drug-likeness (QED) is 0.395. The highest BCUT2D eigenvalue weighted by Crippen LogP contribution is 2.36. The second-order valence-electron chi connectivity index (χ2n) is 9.14. The fraction of sp³-hybridized carbons (Fsp3) is 0.348. The predicted molar refractivity (Wildman–Crippen MR) is 142 cm³/mol. The molecule has 0 saturated heterocycles. The van der Waals surface area contributed by atoms with Crippen LogP contribution in [-0.2, 0) is 26.6 Å². The minimum atomic E-state index is -4.34. The number of amidine groups is 1. The first-order valence-electron chi connectivity index (χ1n) is 11.6. The number of fused-ring (bicyclic) bond motifs is 1. The van der Waals surface area contributed by atoms with E-state index in [1.54, 1.807) is 12.1 Å². The molecule has 1 saturated carbocycles. The molecule has 3 N–H and O–H groups in total. The topological polar surface area (TPSA) is 160 Å². The van der Waals surface area contributed by atoms with Gasteiger partial charge in [-0.25, -0.2) is 13.1 Å². The van der Waals surface area contributed by atoms with Crippen LogP contribution in [0, 0.1) is 5.92 Å². The number of nitrogens with one attached hydrogen (secondary N) is 2. The number of hydrogen-bond acceptors (Lipinski definition) is 9. The van der Waals surface area contributed by atoms with Crippen molar-refractivity contribution in [3.8, 4) is 16.3 Å². The monoisotopic (exact) mass is 563 g/mol. The number of thiophene rings is 1. The summed E-state index contributed by atoms with van der Waals surface area (Å²) in [4.78, 5) is 13.9. The zero-order valence-electron chi connectivity index (χ0n) is 19.8. The molecule has 196 valence electrons. The van der Waals surface area contributed by atoms with Crippen molar-refractivity contribution in [3.05, 3.63) is 51.6 Å². The molecule has 3 aromatic rings. The average molecular weight is 564 g/mol. The van der Waals surface area contributed by atoms with Gasteiger partial charge in [-0.05, 0) is 42.0 Å². The van der Waals surface area contributed by atoms with Crippen LogP contribution in [0.3, 0.4) is 0 Å². The Morgan fingerprint density at radius 1 is 1.24 bits per heavy atom. The van der Waals surface area contributed by atoms with E-state index in [0.717, 1.165) is 44.4 Å². The summed E-state index contributed by atoms with van der Waals surface area (Å²) in [5.41, 5.74) is -0.647. The first-order valence-corrected chi connectivity index (χ1v) is 15.8.